The van der Waals surface area contributed by atoms with Crippen LogP contribution in [0.15, 0.2) is 45.6 Å². The number of phosphoric acid groups is 1. The second-order valence-corrected chi connectivity index (χ2v) is 24.8. The van der Waals surface area contributed by atoms with E-state index >= 15 is 0 Å². The van der Waals surface area contributed by atoms with E-state index in [4.69, 9.17) is 48.7 Å². The molecule has 0 saturated carbocycles. The van der Waals surface area contributed by atoms with Crippen LogP contribution in [0.3, 0.4) is 0 Å². The average Bonchev–Trinajstić information content (AvgIpc) is 4.12. The molecule has 408 valence electrons. The predicted molar refractivity (Wildman–Crippen MR) is 242 cm³/mol. The number of H-pyrrole nitrogens is 2. The van der Waals surface area contributed by atoms with Crippen LogP contribution < -0.4 is 37.7 Å². The van der Waals surface area contributed by atoms with Crippen LogP contribution in [-0.4, -0.2) is 169 Å². The third-order valence-electron chi connectivity index (χ3n) is 12.2. The van der Waals surface area contributed by atoms with Gasteiger partial charge in [0.05, 0.1) is 51.1 Å². The van der Waals surface area contributed by atoms with Crippen molar-refractivity contribution in [2.45, 2.75) is 73.5 Å². The summed E-state index contributed by atoms with van der Waals surface area (Å²) in [6, 6.07) is 0.927. The summed E-state index contributed by atoms with van der Waals surface area (Å²) in [4.78, 5) is 104. The molecule has 3 aliphatic rings. The van der Waals surface area contributed by atoms with Crippen molar-refractivity contribution in [3.05, 3.63) is 62.4 Å². The number of nitrogens with zero attached hydrogens (tertiary/aromatic N) is 8. The van der Waals surface area contributed by atoms with Crippen molar-refractivity contribution in [2.24, 2.45) is 13.0 Å². The van der Waals surface area contributed by atoms with Crippen molar-refractivity contribution >= 4 is 64.7 Å². The van der Waals surface area contributed by atoms with E-state index in [1.54, 1.807) is 0 Å². The van der Waals surface area contributed by atoms with Crippen LogP contribution in [0.1, 0.15) is 25.1 Å². The lowest BCUT2D eigenvalue weighted by atomic mass is 9.95. The molecule has 0 bridgehead atoms. The zero-order valence-electron chi connectivity index (χ0n) is 38.7. The van der Waals surface area contributed by atoms with Gasteiger partial charge >= 0.3 is 34.3 Å². The standard InChI is InChI=1S/C35H50N12O23P4/c1-44-13-47(29-21(44)30(52)43-34(37)42-29)31-22(49)15(5-7-62-2)16(67-31)8-66-74(60,61)70-72(56,57)14-71(54,55)64-10-18-26(25(63-3)33(69-18)46-12-40-20-27(36)38-11-39-28(20)46)73(58,59)65-9-17-23(50)24(51)32(68-17)45-6-4-19(48)41-35(45)53/h4,6,11-13,15-18,22-26,31-33,49-51H,5,7-10,14H2,1-3H3,(H9-,36,37,38,39,41,42,43,48,52,53,54,55,56,57,58,59,60,61)/t15-,16-,17-,18?,22-,23-,24-,25-,26-,31-,32-,33-/m1/s1. The fourth-order valence-electron chi connectivity index (χ4n) is 8.85. The van der Waals surface area contributed by atoms with Crippen LogP contribution in [0.4, 0.5) is 11.8 Å². The van der Waals surface area contributed by atoms with Crippen LogP contribution in [-0.2, 0) is 66.9 Å². The molecule has 0 amide bonds. The minimum atomic E-state index is -5.70. The summed E-state index contributed by atoms with van der Waals surface area (Å²) in [5, 5.41) is 32.9. The van der Waals surface area contributed by atoms with Crippen LogP contribution in [0.25, 0.3) is 22.3 Å². The van der Waals surface area contributed by atoms with Gasteiger partial charge in [0.15, 0.2) is 29.8 Å². The summed E-state index contributed by atoms with van der Waals surface area (Å²) >= 11 is 0. The van der Waals surface area contributed by atoms with Gasteiger partial charge in [0, 0.05) is 39.0 Å². The van der Waals surface area contributed by atoms with E-state index < -0.39 is 146 Å². The number of aliphatic hydroxyl groups is 3. The number of hydrogen-bond donors (Lipinski definition) is 10. The Labute approximate surface area is 413 Å². The molecule has 0 spiro atoms. The SMILES string of the molecule is COCC[C@H]1[C@@H](O)[C@H](n2c[n+](C)c3c(=O)[nH]c(N)nc32)O[C@@H]1COP(=O)(O)OP(=O)(O)CP(=O)(O)OCC1O[C@@H](n2cnc3c(N)ncnc32)[C@H](OC)[C@@H]1P(=O)([O-])OC[C@H]1O[C@@H](n2ccc(=O)[nH]c2=O)[C@H](O)[C@@H]1O. The number of aryl methyl sites for hydroxylation is 1. The molecule has 8 rings (SSSR count). The number of aliphatic hydroxyl groups excluding tert-OH is 3. The van der Waals surface area contributed by atoms with Crippen molar-refractivity contribution in [3.8, 4) is 0 Å². The van der Waals surface area contributed by atoms with Gasteiger partial charge < -0.3 is 83.7 Å². The van der Waals surface area contributed by atoms with Crippen LogP contribution in [0.5, 0.6) is 0 Å². The average molecular weight is 1130 g/mol. The summed E-state index contributed by atoms with van der Waals surface area (Å²) in [7, 11) is -18.4. The number of aromatic amines is 2. The highest BCUT2D eigenvalue weighted by molar-refractivity contribution is 7.74. The molecule has 12 N–H and O–H groups in total. The van der Waals surface area contributed by atoms with Gasteiger partial charge in [-0.15, -0.1) is 0 Å². The molecule has 39 heteroatoms. The fraction of sp³-hybridized carbons (Fsp3) is 0.600. The molecule has 0 aliphatic carbocycles. The second-order valence-electron chi connectivity index (χ2n) is 17.1. The van der Waals surface area contributed by atoms with Gasteiger partial charge in [-0.3, -0.25) is 42.3 Å². The third-order valence-corrected chi connectivity index (χ3v) is 19.8. The molecule has 3 fully saturated rings. The number of methoxy groups -OCH3 is 2. The quantitative estimate of drug-likeness (QED) is 0.0247. The number of anilines is 2. The predicted octanol–water partition coefficient (Wildman–Crippen LogP) is -4.04. The maximum Gasteiger partial charge on any atom is 0.479 e. The first-order valence-corrected chi connectivity index (χ1v) is 28.3. The van der Waals surface area contributed by atoms with Gasteiger partial charge in [0.25, 0.3) is 16.7 Å². The van der Waals surface area contributed by atoms with Crippen molar-refractivity contribution in [1.29, 1.82) is 0 Å². The molecule has 16 atom stereocenters. The molecule has 35 nitrogen and oxygen atoms in total. The van der Waals surface area contributed by atoms with Crippen molar-refractivity contribution in [2.75, 3.05) is 58.0 Å². The van der Waals surface area contributed by atoms with Crippen LogP contribution in [0.2, 0.25) is 0 Å². The molecule has 5 unspecified atom stereocenters. The molecule has 3 aliphatic heterocycles. The Bertz CT molecular complexity index is 3260. The molecule has 3 saturated heterocycles. The Morgan fingerprint density at radius 2 is 1.49 bits per heavy atom. The molecule has 5 aromatic heterocycles. The largest absolute Gasteiger partial charge is 0.778 e. The number of nitrogens with two attached hydrogens (primary N) is 2. The Balaban J connectivity index is 0.959. The maximum atomic E-state index is 14.2. The molecule has 8 heterocycles. The lowest BCUT2D eigenvalue weighted by molar-refractivity contribution is -0.646. The topological polar surface area (TPSA) is 501 Å². The summed E-state index contributed by atoms with van der Waals surface area (Å²) in [6.45, 7) is -3.08. The van der Waals surface area contributed by atoms with E-state index in [0.717, 1.165) is 36.6 Å². The van der Waals surface area contributed by atoms with E-state index in [1.807, 2.05) is 4.98 Å². The number of nitrogens with one attached hydrogen (secondary N) is 2. The highest BCUT2D eigenvalue weighted by Crippen LogP contribution is 2.67. The highest BCUT2D eigenvalue weighted by atomic mass is 31.3. The van der Waals surface area contributed by atoms with Crippen molar-refractivity contribution in [1.82, 2.24) is 43.6 Å². The summed E-state index contributed by atoms with van der Waals surface area (Å²) < 4.78 is 107. The van der Waals surface area contributed by atoms with E-state index in [0.29, 0.717) is 0 Å². The van der Waals surface area contributed by atoms with Gasteiger partial charge in [-0.1, -0.05) is 0 Å². The van der Waals surface area contributed by atoms with Gasteiger partial charge in [0.2, 0.25) is 18.5 Å². The van der Waals surface area contributed by atoms with Gasteiger partial charge in [-0.05, 0) is 6.42 Å². The number of hydrogen-bond acceptors (Lipinski definition) is 26. The van der Waals surface area contributed by atoms with Gasteiger partial charge in [-0.25, -0.2) is 33.2 Å². The normalized spacial score (nSPS) is 30.6. The first kappa shape index (κ1) is 55.7. The molecule has 0 radical (unpaired) electrons. The Kier molecular flexibility index (Phi) is 16.2. The highest BCUT2D eigenvalue weighted by Gasteiger charge is 2.54. The smallest absolute Gasteiger partial charge is 0.479 e. The minimum absolute atomic E-state index is 0.00113. The lowest BCUT2D eigenvalue weighted by Gasteiger charge is -2.35. The van der Waals surface area contributed by atoms with Gasteiger partial charge in [0.1, 0.15) is 50.0 Å². The number of imidazole rings is 2. The Morgan fingerprint density at radius 3 is 2.19 bits per heavy atom. The fourth-order valence-corrected chi connectivity index (χ4v) is 15.6. The number of ether oxygens (including phenoxy) is 5. The van der Waals surface area contributed by atoms with E-state index in [1.165, 1.54) is 34.2 Å². The first-order valence-electron chi connectivity index (χ1n) is 21.7. The third kappa shape index (κ3) is 11.4. The Morgan fingerprint density at radius 1 is 0.811 bits per heavy atom. The molecular weight excluding hydrogens is 1080 g/mol. The number of rotatable bonds is 21. The van der Waals surface area contributed by atoms with Gasteiger partial charge in [-0.2, -0.15) is 9.55 Å². The molecular formula is C35H50N12O23P4. The second kappa shape index (κ2) is 21.5. The lowest BCUT2D eigenvalue weighted by Crippen LogP contribution is -2.40. The number of aromatic nitrogens is 10. The summed E-state index contributed by atoms with van der Waals surface area (Å²) in [5.74, 6) is -3.14. The first-order chi connectivity index (χ1) is 34.7. The Hall–Kier alpha value is -4.54. The summed E-state index contributed by atoms with van der Waals surface area (Å²) in [5.41, 5.74) is 7.34. The van der Waals surface area contributed by atoms with E-state index in [2.05, 4.69) is 29.2 Å². The number of nitrogen functional groups attached to an aromatic ring is 2. The van der Waals surface area contributed by atoms with Crippen LogP contribution in [0, 0.1) is 5.92 Å². The maximum absolute atomic E-state index is 14.2. The van der Waals surface area contributed by atoms with Crippen LogP contribution >= 0.6 is 30.6 Å². The zero-order valence-corrected chi connectivity index (χ0v) is 42.3. The minimum Gasteiger partial charge on any atom is -0.778 e. The van der Waals surface area contributed by atoms with E-state index in [9.17, 15) is 67.5 Å². The molecule has 74 heavy (non-hydrogen) atoms. The van der Waals surface area contributed by atoms with Crippen molar-refractivity contribution < 1.29 is 99.3 Å². The van der Waals surface area contributed by atoms with E-state index in [-0.39, 0.29) is 47.1 Å². The molecule has 5 aromatic rings. The number of phosphoric ester groups is 1. The number of fused-ring (bicyclic) bond motifs is 2. The molecule has 0 aromatic carbocycles. The van der Waals surface area contributed by atoms with Crippen molar-refractivity contribution in [3.63, 3.8) is 0 Å². The monoisotopic (exact) mass is 1130 g/mol. The summed E-state index contributed by atoms with van der Waals surface area (Å²) in [6.07, 6.45) is -11.4. The zero-order chi connectivity index (χ0) is 53.8.